The summed E-state index contributed by atoms with van der Waals surface area (Å²) in [6.07, 6.45) is 2.33. The molecule has 0 radical (unpaired) electrons. The van der Waals surface area contributed by atoms with E-state index in [1.165, 1.54) is 18.5 Å². The van der Waals surface area contributed by atoms with Crippen LogP contribution in [0.25, 0.3) is 0 Å². The summed E-state index contributed by atoms with van der Waals surface area (Å²) in [5, 5.41) is 14.3. The molecule has 2 fully saturated rings. The number of hydrogen-bond acceptors (Lipinski definition) is 8. The van der Waals surface area contributed by atoms with Crippen molar-refractivity contribution in [2.75, 3.05) is 6.61 Å². The number of rotatable bonds is 4. The molecule has 2 aliphatic rings. The van der Waals surface area contributed by atoms with Crippen molar-refractivity contribution in [3.8, 4) is 0 Å². The molecule has 2 saturated heterocycles. The number of hydrogen-bond donors (Lipinski definition) is 1. The Morgan fingerprint density at radius 1 is 1.40 bits per heavy atom. The zero-order valence-electron chi connectivity index (χ0n) is 13.3. The minimum absolute atomic E-state index is 0. The second-order valence-electron chi connectivity index (χ2n) is 5.24. The van der Waals surface area contributed by atoms with Gasteiger partial charge >= 0.3 is 35.5 Å². The Bertz CT molecular complexity index is 714. The van der Waals surface area contributed by atoms with Gasteiger partial charge in [0.25, 0.3) is 17.5 Å². The molecule has 2 amide bonds. The van der Waals surface area contributed by atoms with E-state index in [-0.39, 0.29) is 54.6 Å². The Kier molecular flexibility index (Phi) is 5.78. The monoisotopic (exact) mass is 357 g/mol. The fourth-order valence-electron chi connectivity index (χ4n) is 2.48. The summed E-state index contributed by atoms with van der Waals surface area (Å²) in [6, 6.07) is 1.94. The van der Waals surface area contributed by atoms with Crippen LogP contribution < -0.4 is 40.0 Å². The summed E-state index contributed by atoms with van der Waals surface area (Å²) in [7, 11) is 0. The molecule has 0 spiro atoms. The maximum atomic E-state index is 12.4. The Labute approximate surface area is 163 Å². The van der Waals surface area contributed by atoms with E-state index in [4.69, 9.17) is 9.57 Å². The van der Waals surface area contributed by atoms with Crippen molar-refractivity contribution in [1.82, 2.24) is 15.4 Å². The van der Waals surface area contributed by atoms with E-state index >= 15 is 0 Å². The number of aliphatic carboxylic acids is 1. The third-order valence-electron chi connectivity index (χ3n) is 3.70. The number of esters is 1. The summed E-state index contributed by atoms with van der Waals surface area (Å²) in [5.41, 5.74) is -2.08. The number of nitrogens with zero attached hydrogens (tertiary/aromatic N) is 2. The maximum Gasteiger partial charge on any atom is 1.00 e. The fraction of sp³-hybridized carbons (Fsp3) is 0.357. The SMILES string of the molecule is O=C1CCC(C(=O)[O-])(N2OC[C@H](NC(=O)c3cccnc3)C2=O)O1.[Na+]. The van der Waals surface area contributed by atoms with Crippen molar-refractivity contribution in [3.05, 3.63) is 30.1 Å². The molecule has 3 rings (SSSR count). The predicted octanol–water partition coefficient (Wildman–Crippen LogP) is -5.26. The van der Waals surface area contributed by atoms with Crippen molar-refractivity contribution in [3.63, 3.8) is 0 Å². The number of carboxylic acids is 1. The van der Waals surface area contributed by atoms with Crippen LogP contribution >= 0.6 is 0 Å². The first-order valence-electron chi connectivity index (χ1n) is 7.05. The molecular formula is C14H12N3NaO7. The molecule has 1 unspecified atom stereocenters. The second kappa shape index (κ2) is 7.48. The van der Waals surface area contributed by atoms with Crippen molar-refractivity contribution in [1.29, 1.82) is 0 Å². The third-order valence-corrected chi connectivity index (χ3v) is 3.70. The molecule has 0 bridgehead atoms. The van der Waals surface area contributed by atoms with Crippen LogP contribution in [0.5, 0.6) is 0 Å². The molecule has 126 valence electrons. The topological polar surface area (TPSA) is 138 Å². The third kappa shape index (κ3) is 3.52. The summed E-state index contributed by atoms with van der Waals surface area (Å²) >= 11 is 0. The molecule has 2 aliphatic heterocycles. The Balaban J connectivity index is 0.00000225. The number of ether oxygens (including phenoxy) is 1. The minimum atomic E-state index is -2.30. The largest absolute Gasteiger partial charge is 1.00 e. The molecule has 1 N–H and O–H groups in total. The van der Waals surface area contributed by atoms with Gasteiger partial charge in [0.2, 0.25) is 0 Å². The standard InChI is InChI=1S/C14H13N3O7.Na/c18-10-3-4-14(24-10,13(21)22)17-12(20)9(7-23-17)16-11(19)8-2-1-5-15-6-8;/h1-2,5-6,9H,3-4,7H2,(H,16,19)(H,21,22);/q;+1/p-1/t9-,14?;/m0./s1. The Morgan fingerprint density at radius 2 is 2.16 bits per heavy atom. The van der Waals surface area contributed by atoms with Crippen molar-refractivity contribution in [2.24, 2.45) is 0 Å². The number of nitrogens with one attached hydrogen (secondary N) is 1. The first-order chi connectivity index (χ1) is 11.4. The van der Waals surface area contributed by atoms with Gasteiger partial charge in [0.15, 0.2) is 0 Å². The van der Waals surface area contributed by atoms with E-state index in [1.807, 2.05) is 0 Å². The fourth-order valence-corrected chi connectivity index (χ4v) is 2.48. The van der Waals surface area contributed by atoms with Crippen LogP contribution in [-0.2, 0) is 24.0 Å². The first kappa shape index (κ1) is 19.3. The van der Waals surface area contributed by atoms with Crippen LogP contribution in [0.4, 0.5) is 0 Å². The van der Waals surface area contributed by atoms with Gasteiger partial charge in [0.05, 0.1) is 12.0 Å². The molecule has 0 saturated carbocycles. The van der Waals surface area contributed by atoms with Crippen LogP contribution in [0.1, 0.15) is 23.2 Å². The van der Waals surface area contributed by atoms with Crippen molar-refractivity contribution < 1.29 is 63.4 Å². The van der Waals surface area contributed by atoms with Gasteiger partial charge in [-0.05, 0) is 12.1 Å². The van der Waals surface area contributed by atoms with Crippen LogP contribution in [-0.4, -0.2) is 52.2 Å². The van der Waals surface area contributed by atoms with Gasteiger partial charge in [-0.1, -0.05) is 0 Å². The van der Waals surface area contributed by atoms with Crippen LogP contribution in [0.3, 0.4) is 0 Å². The van der Waals surface area contributed by atoms with E-state index < -0.39 is 35.5 Å². The predicted molar refractivity (Wildman–Crippen MR) is 71.4 cm³/mol. The van der Waals surface area contributed by atoms with Crippen molar-refractivity contribution in [2.45, 2.75) is 24.6 Å². The number of aromatic nitrogens is 1. The molecule has 1 aromatic heterocycles. The molecule has 0 aliphatic carbocycles. The zero-order chi connectivity index (χ0) is 17.3. The van der Waals surface area contributed by atoms with Gasteiger partial charge in [-0.2, -0.15) is 5.06 Å². The molecule has 25 heavy (non-hydrogen) atoms. The van der Waals surface area contributed by atoms with Crippen LogP contribution in [0.2, 0.25) is 0 Å². The van der Waals surface area contributed by atoms with Gasteiger partial charge in [-0.25, -0.2) is 0 Å². The second-order valence-corrected chi connectivity index (χ2v) is 5.24. The molecule has 3 heterocycles. The van der Waals surface area contributed by atoms with Gasteiger partial charge in [0, 0.05) is 18.8 Å². The number of hydroxylamine groups is 2. The summed E-state index contributed by atoms with van der Waals surface area (Å²) in [6.45, 7) is -0.294. The van der Waals surface area contributed by atoms with Gasteiger partial charge < -0.3 is 20.0 Å². The van der Waals surface area contributed by atoms with E-state index in [0.717, 1.165) is 0 Å². The van der Waals surface area contributed by atoms with Gasteiger partial charge in [0.1, 0.15) is 18.6 Å². The number of carbonyl (C=O) groups is 4. The van der Waals surface area contributed by atoms with Crippen LogP contribution in [0, 0.1) is 0 Å². The quantitative estimate of drug-likeness (QED) is 0.417. The maximum absolute atomic E-state index is 12.4. The van der Waals surface area contributed by atoms with E-state index in [0.29, 0.717) is 5.06 Å². The Hall–Kier alpha value is -2.01. The van der Waals surface area contributed by atoms with Crippen molar-refractivity contribution >= 4 is 23.8 Å². The van der Waals surface area contributed by atoms with E-state index in [2.05, 4.69) is 10.3 Å². The zero-order valence-corrected chi connectivity index (χ0v) is 15.3. The number of amides is 2. The summed E-state index contributed by atoms with van der Waals surface area (Å²) < 4.78 is 4.76. The Morgan fingerprint density at radius 3 is 2.72 bits per heavy atom. The van der Waals surface area contributed by atoms with E-state index in [1.54, 1.807) is 6.07 Å². The molecule has 1 aromatic rings. The molecule has 2 atom stereocenters. The summed E-state index contributed by atoms with van der Waals surface area (Å²) in [4.78, 5) is 55.9. The number of cyclic esters (lactones) is 1. The summed E-state index contributed by atoms with van der Waals surface area (Å²) in [5.74, 6) is -3.96. The van der Waals surface area contributed by atoms with Gasteiger partial charge in [-0.15, -0.1) is 0 Å². The number of carbonyl (C=O) groups excluding carboxylic acids is 4. The molecule has 10 nitrogen and oxygen atoms in total. The average Bonchev–Trinajstić information content (AvgIpc) is 3.13. The van der Waals surface area contributed by atoms with E-state index in [9.17, 15) is 24.3 Å². The van der Waals surface area contributed by atoms with Crippen LogP contribution in [0.15, 0.2) is 24.5 Å². The van der Waals surface area contributed by atoms with Gasteiger partial charge in [-0.3, -0.25) is 24.2 Å². The number of pyridine rings is 1. The number of carboxylic acid groups (broad SMARTS) is 1. The molecule has 11 heteroatoms. The normalized spacial score (nSPS) is 25.3. The smallest absolute Gasteiger partial charge is 0.544 e. The minimum Gasteiger partial charge on any atom is -0.544 e. The molecule has 0 aromatic carbocycles. The first-order valence-corrected chi connectivity index (χ1v) is 7.05. The average molecular weight is 357 g/mol. The molecular weight excluding hydrogens is 345 g/mol.